The summed E-state index contributed by atoms with van der Waals surface area (Å²) in [6, 6.07) is 5.96. The van der Waals surface area contributed by atoms with E-state index in [4.69, 9.17) is 24.8 Å². The van der Waals surface area contributed by atoms with E-state index in [1.807, 2.05) is 22.6 Å². The molecule has 1 aromatic rings. The van der Waals surface area contributed by atoms with Crippen molar-refractivity contribution in [1.29, 1.82) is 0 Å². The van der Waals surface area contributed by atoms with E-state index < -0.39 is 13.9 Å². The van der Waals surface area contributed by atoms with Gasteiger partial charge in [0.2, 0.25) is 0 Å². The first-order chi connectivity index (χ1) is 13.5. The highest BCUT2D eigenvalue weighted by Gasteiger charge is 2.17. The summed E-state index contributed by atoms with van der Waals surface area (Å²) < 4.78 is 24.9. The molecule has 1 aliphatic heterocycles. The van der Waals surface area contributed by atoms with Gasteiger partial charge in [0.05, 0.1) is 12.2 Å². The highest BCUT2D eigenvalue weighted by molar-refractivity contribution is 14.1. The van der Waals surface area contributed by atoms with Crippen molar-refractivity contribution in [1.82, 2.24) is 4.90 Å². The molecule has 0 radical (unpaired) electrons. The number of nitrogens with zero attached hydrogens (tertiary/aromatic N) is 1. The maximum atomic E-state index is 13.7. The molecule has 0 aromatic heterocycles. The van der Waals surface area contributed by atoms with Crippen LogP contribution in [0.1, 0.15) is 16.8 Å². The van der Waals surface area contributed by atoms with Gasteiger partial charge in [0.1, 0.15) is 12.5 Å². The van der Waals surface area contributed by atoms with E-state index in [1.54, 1.807) is 13.1 Å². The lowest BCUT2D eigenvalue weighted by atomic mass is 10.2. The van der Waals surface area contributed by atoms with Gasteiger partial charge in [-0.05, 0) is 53.3 Å². The Kier molecular flexibility index (Phi) is 14.2. The van der Waals surface area contributed by atoms with Gasteiger partial charge < -0.3 is 20.1 Å². The molecule has 2 rings (SSSR count). The molecule has 0 saturated carbocycles. The lowest BCUT2D eigenvalue weighted by molar-refractivity contribution is -0.191. The summed E-state index contributed by atoms with van der Waals surface area (Å²) in [5.74, 6) is -0.845. The maximum absolute atomic E-state index is 13.7. The zero-order chi connectivity index (χ0) is 22.4. The van der Waals surface area contributed by atoms with Crippen LogP contribution in [0.15, 0.2) is 18.2 Å². The Balaban J connectivity index is 0.000000717. The van der Waals surface area contributed by atoms with Crippen molar-refractivity contribution in [3.8, 4) is 0 Å². The molecule has 29 heavy (non-hydrogen) atoms. The van der Waals surface area contributed by atoms with Crippen LogP contribution in [0.25, 0.3) is 0 Å². The first-order valence-electron chi connectivity index (χ1n) is 9.12. The number of benzene rings is 1. The van der Waals surface area contributed by atoms with Crippen LogP contribution >= 0.6 is 22.6 Å². The van der Waals surface area contributed by atoms with Gasteiger partial charge in [-0.2, -0.15) is 9.59 Å². The van der Waals surface area contributed by atoms with Crippen molar-refractivity contribution < 1.29 is 28.2 Å². The second kappa shape index (κ2) is 14.8. The number of nitrogens with two attached hydrogens (primary N) is 1. The highest BCUT2D eigenvalue weighted by Crippen LogP contribution is 2.14. The van der Waals surface area contributed by atoms with E-state index >= 15 is 0 Å². The van der Waals surface area contributed by atoms with Gasteiger partial charge in [0.15, 0.2) is 0 Å². The number of halogens is 2. The molecule has 1 heterocycles. The van der Waals surface area contributed by atoms with E-state index in [1.165, 1.54) is 17.0 Å². The fourth-order valence-electron chi connectivity index (χ4n) is 2.06. The third-order valence-corrected chi connectivity index (χ3v) is 6.13. The van der Waals surface area contributed by atoms with E-state index in [2.05, 4.69) is 19.6 Å². The summed E-state index contributed by atoms with van der Waals surface area (Å²) in [5, 5.41) is 0. The van der Waals surface area contributed by atoms with Crippen molar-refractivity contribution in [2.24, 2.45) is 5.73 Å². The summed E-state index contributed by atoms with van der Waals surface area (Å²) in [4.78, 5) is 29.7. The molecule has 1 aliphatic rings. The van der Waals surface area contributed by atoms with Crippen molar-refractivity contribution >= 4 is 42.7 Å². The van der Waals surface area contributed by atoms with Crippen LogP contribution in [0.4, 0.5) is 4.39 Å². The quantitative estimate of drug-likeness (QED) is 0.258. The molecule has 0 spiro atoms. The molecule has 164 valence electrons. The number of ether oxygens (including phenoxy) is 2. The predicted octanol–water partition coefficient (Wildman–Crippen LogP) is 2.97. The second-order valence-corrected chi connectivity index (χ2v) is 14.5. The minimum atomic E-state index is -1.12. The Hall–Kier alpha value is -1.17. The molecule has 2 N–H and O–H groups in total. The van der Waals surface area contributed by atoms with Crippen molar-refractivity contribution in [2.45, 2.75) is 38.1 Å². The zero-order valence-electron chi connectivity index (χ0n) is 17.4. The number of carbonyl (C=O) groups excluding carboxylic acids is 3. The Bertz CT molecular complexity index is 660. The lowest BCUT2D eigenvalue weighted by Gasteiger charge is -2.20. The predicted molar refractivity (Wildman–Crippen MR) is 119 cm³/mol. The summed E-state index contributed by atoms with van der Waals surface area (Å²) in [5.41, 5.74) is 5.49. The van der Waals surface area contributed by atoms with Crippen LogP contribution in [-0.2, 0) is 19.1 Å². The number of hydrogen-bond acceptors (Lipinski definition) is 6. The molecule has 1 fully saturated rings. The van der Waals surface area contributed by atoms with E-state index in [9.17, 15) is 9.18 Å². The van der Waals surface area contributed by atoms with Crippen LogP contribution in [0.5, 0.6) is 0 Å². The average molecular weight is 540 g/mol. The highest BCUT2D eigenvalue weighted by atomic mass is 127. The third kappa shape index (κ3) is 13.6. The van der Waals surface area contributed by atoms with Gasteiger partial charge in [-0.25, -0.2) is 4.39 Å². The van der Waals surface area contributed by atoms with Crippen LogP contribution in [0.3, 0.4) is 0 Å². The van der Waals surface area contributed by atoms with Crippen LogP contribution in [-0.4, -0.2) is 64.7 Å². The van der Waals surface area contributed by atoms with Crippen molar-refractivity contribution in [2.75, 3.05) is 33.6 Å². The SMILES string of the molecule is CN(COCC[Si](C)(C)C)C(=O)c1ccc(I)cc1F.N[C@@H]1CCOC1.O=C=O. The van der Waals surface area contributed by atoms with Gasteiger partial charge in [0.25, 0.3) is 5.91 Å². The Morgan fingerprint density at radius 1 is 1.41 bits per heavy atom. The lowest BCUT2D eigenvalue weighted by Crippen LogP contribution is -2.31. The van der Waals surface area contributed by atoms with Crippen LogP contribution in [0, 0.1) is 9.39 Å². The van der Waals surface area contributed by atoms with Gasteiger partial charge in [-0.1, -0.05) is 19.6 Å². The summed E-state index contributed by atoms with van der Waals surface area (Å²) in [6.45, 7) is 9.27. The minimum Gasteiger partial charge on any atom is -0.380 e. The normalized spacial score (nSPS) is 15.3. The Morgan fingerprint density at radius 2 is 2.03 bits per heavy atom. The standard InChI is InChI=1S/C14H21FINO2Si.C4H9NO.CO2/c1-17(10-19-7-8-20(2,3)4)14(18)12-6-5-11(16)9-13(12)15;5-4-1-2-6-3-4;2-1-3/h5-6,9H,7-8,10H2,1-4H3;4H,1-3,5H2;/t;4-;/m.1./s1. The molecular weight excluding hydrogens is 510 g/mol. The molecule has 1 atom stereocenters. The smallest absolute Gasteiger partial charge is 0.373 e. The molecule has 0 unspecified atom stereocenters. The largest absolute Gasteiger partial charge is 0.380 e. The molecule has 10 heteroatoms. The van der Waals surface area contributed by atoms with Gasteiger partial charge >= 0.3 is 6.15 Å². The molecule has 1 saturated heterocycles. The number of hydrogen-bond donors (Lipinski definition) is 1. The van der Waals surface area contributed by atoms with Gasteiger partial charge in [-0.15, -0.1) is 0 Å². The van der Waals surface area contributed by atoms with Crippen LogP contribution in [0.2, 0.25) is 25.7 Å². The first kappa shape index (κ1) is 27.8. The summed E-state index contributed by atoms with van der Waals surface area (Å²) >= 11 is 2.01. The number of carbonyl (C=O) groups is 1. The van der Waals surface area contributed by atoms with E-state index in [0.29, 0.717) is 12.6 Å². The molecule has 0 aliphatic carbocycles. The fourth-order valence-corrected chi connectivity index (χ4v) is 3.27. The molecule has 0 bridgehead atoms. The maximum Gasteiger partial charge on any atom is 0.373 e. The van der Waals surface area contributed by atoms with E-state index in [0.717, 1.165) is 29.2 Å². The van der Waals surface area contributed by atoms with Gasteiger partial charge in [0, 0.05) is 37.9 Å². The first-order valence-corrected chi connectivity index (χ1v) is 13.9. The fraction of sp³-hybridized carbons (Fsp3) is 0.579. The Labute approximate surface area is 186 Å². The summed E-state index contributed by atoms with van der Waals surface area (Å²) in [6.07, 6.45) is 1.29. The Morgan fingerprint density at radius 3 is 2.45 bits per heavy atom. The molecular formula is C19H30FIN2O5Si. The van der Waals surface area contributed by atoms with Crippen molar-refractivity contribution in [3.05, 3.63) is 33.1 Å². The third-order valence-electron chi connectivity index (χ3n) is 3.75. The topological polar surface area (TPSA) is 98.9 Å². The monoisotopic (exact) mass is 540 g/mol. The summed E-state index contributed by atoms with van der Waals surface area (Å²) in [7, 11) is 0.494. The van der Waals surface area contributed by atoms with Crippen molar-refractivity contribution in [3.63, 3.8) is 0 Å². The second-order valence-electron chi connectivity index (χ2n) is 7.68. The minimum absolute atomic E-state index is 0.0849. The molecule has 1 aromatic carbocycles. The number of rotatable bonds is 6. The zero-order valence-corrected chi connectivity index (χ0v) is 20.5. The average Bonchev–Trinajstić information content (AvgIpc) is 3.09. The molecule has 7 nitrogen and oxygen atoms in total. The number of amides is 1. The molecule has 1 amide bonds. The van der Waals surface area contributed by atoms with E-state index in [-0.39, 0.29) is 24.4 Å². The van der Waals surface area contributed by atoms with Crippen LogP contribution < -0.4 is 5.73 Å². The van der Waals surface area contributed by atoms with Gasteiger partial charge in [-0.3, -0.25) is 4.79 Å².